The van der Waals surface area contributed by atoms with Crippen molar-refractivity contribution >= 4 is 34.6 Å². The molecule has 1 aromatic carbocycles. The third-order valence-corrected chi connectivity index (χ3v) is 6.92. The van der Waals surface area contributed by atoms with Crippen LogP contribution in [0.15, 0.2) is 61.1 Å². The predicted molar refractivity (Wildman–Crippen MR) is 128 cm³/mol. The molecule has 1 saturated carbocycles. The number of phenolic OH excluding ortho intramolecular Hbond substituents is 1. The Balaban J connectivity index is 1.58. The van der Waals surface area contributed by atoms with Crippen LogP contribution in [-0.4, -0.2) is 19.8 Å². The Hall–Kier alpha value is -2.57. The Labute approximate surface area is 192 Å². The summed E-state index contributed by atoms with van der Waals surface area (Å²) in [5, 5.41) is 15.2. The Morgan fingerprint density at radius 1 is 1.10 bits per heavy atom. The molecule has 0 amide bonds. The minimum absolute atomic E-state index is 0.144. The maximum absolute atomic E-state index is 10.6. The number of rotatable bonds is 4. The molecule has 2 fully saturated rings. The number of aromatic hydroxyl groups is 1. The van der Waals surface area contributed by atoms with Gasteiger partial charge in [0.2, 0.25) is 0 Å². The van der Waals surface area contributed by atoms with Gasteiger partial charge in [0.05, 0.1) is 23.5 Å². The van der Waals surface area contributed by atoms with Crippen LogP contribution in [-0.2, 0) is 0 Å². The zero-order valence-corrected chi connectivity index (χ0v) is 18.7. The first-order valence-corrected chi connectivity index (χ1v) is 11.6. The summed E-state index contributed by atoms with van der Waals surface area (Å²) in [6.07, 6.45) is 12.5. The third kappa shape index (κ3) is 3.90. The summed E-state index contributed by atoms with van der Waals surface area (Å²) in [5.41, 5.74) is 2.64. The van der Waals surface area contributed by atoms with Crippen molar-refractivity contribution < 1.29 is 5.11 Å². The highest BCUT2D eigenvalue weighted by Gasteiger charge is 2.42. The first kappa shape index (κ1) is 20.3. The molecule has 3 aromatic rings. The standard InChI is InChI=1S/C24H25ClN4OS/c25-17-9-10-21(30)20(14-17)29-23(22(27-24(29)31)19-8-4-5-12-26-19)16-11-13-28(15-16)18-6-2-1-3-7-18/h4-5,8-15,18,22-23,30H,1-3,6-7H2,(H,27,31)/t22-,23-/m1/s1. The molecule has 2 N–H and O–H groups in total. The van der Waals surface area contributed by atoms with Gasteiger partial charge in [-0.2, -0.15) is 0 Å². The number of nitrogens with one attached hydrogen (secondary N) is 1. The molecule has 3 heterocycles. The van der Waals surface area contributed by atoms with E-state index in [0.29, 0.717) is 21.9 Å². The van der Waals surface area contributed by atoms with Crippen LogP contribution in [0, 0.1) is 0 Å². The maximum atomic E-state index is 10.6. The van der Waals surface area contributed by atoms with Crippen molar-refractivity contribution in [2.45, 2.75) is 50.2 Å². The van der Waals surface area contributed by atoms with Gasteiger partial charge < -0.3 is 19.9 Å². The number of nitrogens with zero attached hydrogens (tertiary/aromatic N) is 3. The van der Waals surface area contributed by atoms with Crippen molar-refractivity contribution in [3.63, 3.8) is 0 Å². The van der Waals surface area contributed by atoms with E-state index in [4.69, 9.17) is 23.8 Å². The Morgan fingerprint density at radius 3 is 2.71 bits per heavy atom. The Morgan fingerprint density at radius 2 is 1.94 bits per heavy atom. The summed E-state index contributed by atoms with van der Waals surface area (Å²) in [5.74, 6) is 0.145. The van der Waals surface area contributed by atoms with E-state index >= 15 is 0 Å². The Bertz CT molecular complexity index is 1080. The summed E-state index contributed by atoms with van der Waals surface area (Å²) >= 11 is 12.0. The van der Waals surface area contributed by atoms with Gasteiger partial charge in [-0.05, 0) is 67.0 Å². The molecule has 5 rings (SSSR count). The van der Waals surface area contributed by atoms with Gasteiger partial charge in [-0.15, -0.1) is 0 Å². The lowest BCUT2D eigenvalue weighted by atomic mass is 9.95. The van der Waals surface area contributed by atoms with Crippen LogP contribution in [0.25, 0.3) is 0 Å². The molecule has 0 spiro atoms. The lowest BCUT2D eigenvalue weighted by Gasteiger charge is -2.28. The van der Waals surface area contributed by atoms with E-state index in [0.717, 1.165) is 11.3 Å². The molecule has 0 unspecified atom stereocenters. The van der Waals surface area contributed by atoms with Crippen LogP contribution in [0.3, 0.4) is 0 Å². The lowest BCUT2D eigenvalue weighted by molar-refractivity contribution is 0.353. The second kappa shape index (κ2) is 8.52. The molecular weight excluding hydrogens is 428 g/mol. The second-order valence-electron chi connectivity index (χ2n) is 8.31. The Kier molecular flexibility index (Phi) is 5.59. The largest absolute Gasteiger partial charge is 0.506 e. The van der Waals surface area contributed by atoms with Gasteiger partial charge in [0.1, 0.15) is 5.75 Å². The number of anilines is 1. The summed E-state index contributed by atoms with van der Waals surface area (Å²) in [6.45, 7) is 0. The van der Waals surface area contributed by atoms with Gasteiger partial charge >= 0.3 is 0 Å². The van der Waals surface area contributed by atoms with Crippen molar-refractivity contribution in [2.24, 2.45) is 0 Å². The van der Waals surface area contributed by atoms with E-state index < -0.39 is 0 Å². The summed E-state index contributed by atoms with van der Waals surface area (Å²) < 4.78 is 2.35. The fourth-order valence-corrected chi connectivity index (χ4v) is 5.36. The van der Waals surface area contributed by atoms with E-state index in [1.54, 1.807) is 24.4 Å². The summed E-state index contributed by atoms with van der Waals surface area (Å²) in [6, 6.07) is 13.4. The minimum Gasteiger partial charge on any atom is -0.506 e. The smallest absolute Gasteiger partial charge is 0.174 e. The van der Waals surface area contributed by atoms with Crippen LogP contribution in [0.1, 0.15) is 61.5 Å². The van der Waals surface area contributed by atoms with E-state index in [1.165, 1.54) is 32.1 Å². The van der Waals surface area contributed by atoms with Gasteiger partial charge in [0, 0.05) is 29.7 Å². The van der Waals surface area contributed by atoms with E-state index in [-0.39, 0.29) is 17.8 Å². The topological polar surface area (TPSA) is 53.3 Å². The van der Waals surface area contributed by atoms with Crippen molar-refractivity contribution in [1.82, 2.24) is 14.9 Å². The summed E-state index contributed by atoms with van der Waals surface area (Å²) in [7, 11) is 0. The number of hydrogen-bond acceptors (Lipinski definition) is 3. The van der Waals surface area contributed by atoms with Crippen LogP contribution < -0.4 is 10.2 Å². The van der Waals surface area contributed by atoms with Crippen molar-refractivity contribution in [3.8, 4) is 5.75 Å². The number of thiocarbonyl (C=S) groups is 1. The molecule has 0 radical (unpaired) electrons. The number of hydrogen-bond donors (Lipinski definition) is 2. The monoisotopic (exact) mass is 452 g/mol. The molecule has 2 aromatic heterocycles. The van der Waals surface area contributed by atoms with E-state index in [2.05, 4.69) is 33.3 Å². The number of halogens is 1. The molecule has 1 saturated heterocycles. The molecule has 1 aliphatic carbocycles. The first-order valence-electron chi connectivity index (χ1n) is 10.8. The molecule has 5 nitrogen and oxygen atoms in total. The number of phenols is 1. The van der Waals surface area contributed by atoms with Gasteiger partial charge in [-0.25, -0.2) is 0 Å². The third-order valence-electron chi connectivity index (χ3n) is 6.37. The lowest BCUT2D eigenvalue weighted by Crippen LogP contribution is -2.29. The summed E-state index contributed by atoms with van der Waals surface area (Å²) in [4.78, 5) is 6.56. The van der Waals surface area contributed by atoms with Crippen LogP contribution in [0.2, 0.25) is 5.02 Å². The highest BCUT2D eigenvalue weighted by atomic mass is 35.5. The van der Waals surface area contributed by atoms with Crippen molar-refractivity contribution in [2.75, 3.05) is 4.90 Å². The molecule has 2 atom stereocenters. The van der Waals surface area contributed by atoms with Crippen LogP contribution in [0.5, 0.6) is 5.75 Å². The van der Waals surface area contributed by atoms with Crippen LogP contribution in [0.4, 0.5) is 5.69 Å². The normalized spacial score (nSPS) is 22.0. The average molecular weight is 453 g/mol. The molecule has 0 bridgehead atoms. The number of pyridine rings is 1. The van der Waals surface area contributed by atoms with Crippen molar-refractivity contribution in [3.05, 3.63) is 77.3 Å². The van der Waals surface area contributed by atoms with Gasteiger partial charge in [-0.1, -0.05) is 36.9 Å². The zero-order valence-electron chi connectivity index (χ0n) is 17.1. The maximum Gasteiger partial charge on any atom is 0.174 e. The fraction of sp³-hybridized carbons (Fsp3) is 0.333. The van der Waals surface area contributed by atoms with E-state index in [9.17, 15) is 5.11 Å². The molecule has 160 valence electrons. The van der Waals surface area contributed by atoms with Gasteiger partial charge in [0.25, 0.3) is 0 Å². The predicted octanol–water partition coefficient (Wildman–Crippen LogP) is 5.92. The highest BCUT2D eigenvalue weighted by Crippen LogP contribution is 2.45. The number of benzene rings is 1. The van der Waals surface area contributed by atoms with Crippen molar-refractivity contribution in [1.29, 1.82) is 0 Å². The minimum atomic E-state index is -0.156. The van der Waals surface area contributed by atoms with E-state index in [1.807, 2.05) is 23.1 Å². The average Bonchev–Trinajstić information content (AvgIpc) is 3.41. The van der Waals surface area contributed by atoms with Crippen LogP contribution >= 0.6 is 23.8 Å². The SMILES string of the molecule is Oc1ccc(Cl)cc1N1C(=S)N[C@H](c2ccccn2)[C@H]1c1ccn(C2CCCCC2)c1. The number of aromatic nitrogens is 2. The fourth-order valence-electron chi connectivity index (χ4n) is 4.85. The molecule has 31 heavy (non-hydrogen) atoms. The highest BCUT2D eigenvalue weighted by molar-refractivity contribution is 7.80. The van der Waals surface area contributed by atoms with Gasteiger partial charge in [0.15, 0.2) is 5.11 Å². The second-order valence-corrected chi connectivity index (χ2v) is 9.14. The first-order chi connectivity index (χ1) is 15.1. The van der Waals surface area contributed by atoms with Gasteiger partial charge in [-0.3, -0.25) is 4.98 Å². The zero-order chi connectivity index (χ0) is 21.4. The molecular formula is C24H25ClN4OS. The molecule has 7 heteroatoms. The molecule has 1 aliphatic heterocycles. The molecule has 2 aliphatic rings. The quantitative estimate of drug-likeness (QED) is 0.481.